The molecule has 5 nitrogen and oxygen atoms in total. The van der Waals surface area contributed by atoms with Gasteiger partial charge in [-0.2, -0.15) is 0 Å². The molecule has 3 amide bonds. The van der Waals surface area contributed by atoms with Gasteiger partial charge in [-0.25, -0.2) is 4.79 Å². The molecule has 2 aromatic carbocycles. The van der Waals surface area contributed by atoms with Crippen molar-refractivity contribution in [3.63, 3.8) is 0 Å². The van der Waals surface area contributed by atoms with Gasteiger partial charge in [-0.05, 0) is 35.7 Å². The van der Waals surface area contributed by atoms with E-state index < -0.39 is 0 Å². The van der Waals surface area contributed by atoms with Gasteiger partial charge in [0.15, 0.2) is 0 Å². The van der Waals surface area contributed by atoms with Crippen molar-refractivity contribution >= 4 is 35.1 Å². The van der Waals surface area contributed by atoms with Crippen LogP contribution in [0.3, 0.4) is 0 Å². The molecule has 2 aromatic rings. The summed E-state index contributed by atoms with van der Waals surface area (Å²) in [4.78, 5) is 25.5. The second kappa shape index (κ2) is 10.8. The molecule has 0 spiro atoms. The van der Waals surface area contributed by atoms with Crippen LogP contribution in [0.2, 0.25) is 10.0 Å². The molecule has 2 rings (SSSR count). The topological polar surface area (TPSA) is 61.4 Å². The van der Waals surface area contributed by atoms with E-state index in [1.807, 2.05) is 42.5 Å². The Morgan fingerprint density at radius 3 is 2.26 bits per heavy atom. The normalized spacial score (nSPS) is 10.3. The van der Waals surface area contributed by atoms with Crippen LogP contribution in [0.5, 0.6) is 0 Å². The fourth-order valence-electron chi connectivity index (χ4n) is 2.54. The minimum atomic E-state index is -0.208. The van der Waals surface area contributed by atoms with E-state index in [9.17, 15) is 9.59 Å². The summed E-state index contributed by atoms with van der Waals surface area (Å²) in [7, 11) is 1.72. The van der Waals surface area contributed by atoms with Crippen LogP contribution in [0.4, 0.5) is 4.79 Å². The number of hydrogen-bond acceptors (Lipinski definition) is 2. The summed E-state index contributed by atoms with van der Waals surface area (Å²) in [5, 5.41) is 6.72. The van der Waals surface area contributed by atoms with E-state index in [0.717, 1.165) is 11.1 Å². The van der Waals surface area contributed by atoms with Gasteiger partial charge in [-0.3, -0.25) is 4.79 Å². The van der Waals surface area contributed by atoms with Gasteiger partial charge < -0.3 is 15.5 Å². The third-order valence-corrected chi connectivity index (χ3v) is 4.33. The molecule has 2 N–H and O–H groups in total. The minimum Gasteiger partial charge on any atom is -0.356 e. The average molecular weight is 408 g/mol. The molecule has 27 heavy (non-hydrogen) atoms. The summed E-state index contributed by atoms with van der Waals surface area (Å²) < 4.78 is 0. The lowest BCUT2D eigenvalue weighted by molar-refractivity contribution is -0.120. The summed E-state index contributed by atoms with van der Waals surface area (Å²) in [6.07, 6.45) is 0.861. The first kappa shape index (κ1) is 21.1. The molecule has 0 saturated carbocycles. The van der Waals surface area contributed by atoms with Gasteiger partial charge in [0.05, 0.1) is 0 Å². The van der Waals surface area contributed by atoms with E-state index in [0.29, 0.717) is 29.6 Å². The minimum absolute atomic E-state index is 0.117. The zero-order valence-corrected chi connectivity index (χ0v) is 16.7. The van der Waals surface area contributed by atoms with E-state index in [2.05, 4.69) is 10.6 Å². The smallest absolute Gasteiger partial charge is 0.317 e. The number of halogens is 2. The monoisotopic (exact) mass is 407 g/mol. The van der Waals surface area contributed by atoms with Gasteiger partial charge in [0, 0.05) is 43.1 Å². The van der Waals surface area contributed by atoms with Gasteiger partial charge in [-0.1, -0.05) is 53.5 Å². The number of carbonyl (C=O) groups excluding carboxylic acids is 2. The summed E-state index contributed by atoms with van der Waals surface area (Å²) >= 11 is 11.9. The van der Waals surface area contributed by atoms with Crippen molar-refractivity contribution in [2.75, 3.05) is 20.1 Å². The van der Waals surface area contributed by atoms with Gasteiger partial charge in [0.1, 0.15) is 0 Å². The van der Waals surface area contributed by atoms with E-state index in [-0.39, 0.29) is 24.9 Å². The number of amides is 3. The van der Waals surface area contributed by atoms with Crippen molar-refractivity contribution in [2.45, 2.75) is 19.4 Å². The van der Waals surface area contributed by atoms with E-state index in [1.54, 1.807) is 18.0 Å². The zero-order valence-electron chi connectivity index (χ0n) is 15.2. The number of nitrogens with zero attached hydrogens (tertiary/aromatic N) is 1. The molecule has 0 aliphatic carbocycles. The Balaban J connectivity index is 1.63. The fourth-order valence-corrected chi connectivity index (χ4v) is 3.11. The number of hydrogen-bond donors (Lipinski definition) is 2. The molecule has 0 atom stereocenters. The van der Waals surface area contributed by atoms with Crippen LogP contribution in [0.15, 0.2) is 48.5 Å². The van der Waals surface area contributed by atoms with Crippen molar-refractivity contribution in [2.24, 2.45) is 0 Å². The molecular weight excluding hydrogens is 385 g/mol. The average Bonchev–Trinajstić information content (AvgIpc) is 2.61. The molecule has 144 valence electrons. The number of rotatable bonds is 8. The van der Waals surface area contributed by atoms with E-state index >= 15 is 0 Å². The van der Waals surface area contributed by atoms with Crippen LogP contribution >= 0.6 is 23.2 Å². The largest absolute Gasteiger partial charge is 0.356 e. The van der Waals surface area contributed by atoms with Crippen molar-refractivity contribution in [1.82, 2.24) is 15.5 Å². The van der Waals surface area contributed by atoms with Gasteiger partial charge in [0.25, 0.3) is 0 Å². The molecule has 0 aliphatic rings. The highest BCUT2D eigenvalue weighted by Gasteiger charge is 2.09. The lowest BCUT2D eigenvalue weighted by Gasteiger charge is -2.18. The van der Waals surface area contributed by atoms with E-state index in [1.165, 1.54) is 0 Å². The lowest BCUT2D eigenvalue weighted by atomic mass is 10.1. The van der Waals surface area contributed by atoms with E-state index in [4.69, 9.17) is 23.2 Å². The van der Waals surface area contributed by atoms with Crippen LogP contribution in [-0.2, 0) is 17.8 Å². The summed E-state index contributed by atoms with van der Waals surface area (Å²) in [5.74, 6) is -0.117. The number of nitrogens with one attached hydrogen (secondary N) is 2. The SMILES string of the molecule is CN(Cc1ccccc1)C(=O)NCCC(=O)NCCc1cc(Cl)cc(Cl)c1. The van der Waals surface area contributed by atoms with Gasteiger partial charge >= 0.3 is 6.03 Å². The summed E-state index contributed by atoms with van der Waals surface area (Å²) in [6.45, 7) is 1.28. The Hall–Kier alpha value is -2.24. The quantitative estimate of drug-likeness (QED) is 0.697. The van der Waals surface area contributed by atoms with Crippen molar-refractivity contribution in [1.29, 1.82) is 0 Å². The van der Waals surface area contributed by atoms with Crippen LogP contribution in [0, 0.1) is 0 Å². The van der Waals surface area contributed by atoms with Crippen molar-refractivity contribution in [3.8, 4) is 0 Å². The summed E-state index contributed by atoms with van der Waals surface area (Å²) in [5.41, 5.74) is 2.01. The van der Waals surface area contributed by atoms with Crippen molar-refractivity contribution in [3.05, 3.63) is 69.7 Å². The van der Waals surface area contributed by atoms with Gasteiger partial charge in [-0.15, -0.1) is 0 Å². The number of benzene rings is 2. The highest BCUT2D eigenvalue weighted by atomic mass is 35.5. The molecule has 0 aliphatic heterocycles. The Bertz CT molecular complexity index is 749. The lowest BCUT2D eigenvalue weighted by Crippen LogP contribution is -2.39. The zero-order chi connectivity index (χ0) is 19.6. The maximum absolute atomic E-state index is 12.0. The standard InChI is InChI=1S/C20H23Cl2N3O2/c1-25(14-15-5-3-2-4-6-15)20(27)24-10-8-19(26)23-9-7-16-11-17(21)13-18(22)12-16/h2-6,11-13H,7-10,14H2,1H3,(H,23,26)(H,24,27). The van der Waals surface area contributed by atoms with Crippen LogP contribution < -0.4 is 10.6 Å². The molecule has 0 heterocycles. The molecule has 0 radical (unpaired) electrons. The molecule has 0 aromatic heterocycles. The maximum atomic E-state index is 12.0. The second-order valence-corrected chi connectivity index (χ2v) is 7.07. The predicted octanol–water partition coefficient (Wildman–Crippen LogP) is 3.88. The first-order chi connectivity index (χ1) is 12.9. The second-order valence-electron chi connectivity index (χ2n) is 6.20. The molecule has 0 bridgehead atoms. The molecular formula is C20H23Cl2N3O2. The predicted molar refractivity (Wildman–Crippen MR) is 109 cm³/mol. The number of carbonyl (C=O) groups is 2. The first-order valence-electron chi connectivity index (χ1n) is 8.68. The van der Waals surface area contributed by atoms with Gasteiger partial charge in [0.2, 0.25) is 5.91 Å². The third-order valence-electron chi connectivity index (χ3n) is 3.90. The maximum Gasteiger partial charge on any atom is 0.317 e. The molecule has 0 fully saturated rings. The van der Waals surface area contributed by atoms with Crippen LogP contribution in [0.25, 0.3) is 0 Å². The Kier molecular flexibility index (Phi) is 8.43. The van der Waals surface area contributed by atoms with Crippen LogP contribution in [-0.4, -0.2) is 37.0 Å². The van der Waals surface area contributed by atoms with Crippen LogP contribution in [0.1, 0.15) is 17.5 Å². The third kappa shape index (κ3) is 7.89. The highest BCUT2D eigenvalue weighted by molar-refractivity contribution is 6.34. The molecule has 0 unspecified atom stereocenters. The highest BCUT2D eigenvalue weighted by Crippen LogP contribution is 2.19. The Morgan fingerprint density at radius 1 is 0.926 bits per heavy atom. The summed E-state index contributed by atoms with van der Waals surface area (Å²) in [6, 6.07) is 14.8. The molecule has 0 saturated heterocycles. The fraction of sp³-hybridized carbons (Fsp3) is 0.300. The Labute approximate surface area is 169 Å². The Morgan fingerprint density at radius 2 is 1.59 bits per heavy atom. The first-order valence-corrected chi connectivity index (χ1v) is 9.44. The van der Waals surface area contributed by atoms with Crippen molar-refractivity contribution < 1.29 is 9.59 Å². The molecule has 7 heteroatoms. The number of urea groups is 1.